The normalized spacial score (nSPS) is 16.8. The van der Waals surface area contributed by atoms with Gasteiger partial charge in [0.05, 0.1) is 34.5 Å². The van der Waals surface area contributed by atoms with Gasteiger partial charge in [-0.15, -0.1) is 0 Å². The number of benzene rings is 1. The Morgan fingerprint density at radius 2 is 1.82 bits per heavy atom. The predicted molar refractivity (Wildman–Crippen MR) is 149 cm³/mol. The van der Waals surface area contributed by atoms with Crippen LogP contribution in [0.4, 0.5) is 5.13 Å². The van der Waals surface area contributed by atoms with Gasteiger partial charge in [-0.1, -0.05) is 36.5 Å². The number of aliphatic hydroxyl groups is 1. The van der Waals surface area contributed by atoms with E-state index in [1.54, 1.807) is 38.1 Å². The van der Waals surface area contributed by atoms with Crippen LogP contribution in [0.2, 0.25) is 0 Å². The number of aryl methyl sites for hydroxylation is 3. The monoisotopic (exact) mass is 544 g/mol. The molecule has 1 fully saturated rings. The van der Waals surface area contributed by atoms with Crippen molar-refractivity contribution in [3.8, 4) is 5.75 Å². The lowest BCUT2D eigenvalue weighted by Gasteiger charge is -2.23. The highest BCUT2D eigenvalue weighted by Crippen LogP contribution is 2.44. The highest BCUT2D eigenvalue weighted by atomic mass is 32.1. The Morgan fingerprint density at radius 1 is 1.10 bits per heavy atom. The van der Waals surface area contributed by atoms with Gasteiger partial charge in [-0.2, -0.15) is 0 Å². The van der Waals surface area contributed by atoms with E-state index in [-0.39, 0.29) is 27.9 Å². The number of ether oxygens (including phenoxy) is 1. The second kappa shape index (κ2) is 10.1. The average molecular weight is 545 g/mol. The number of fused-ring (bicyclic) bond motifs is 1. The Bertz CT molecular complexity index is 1660. The van der Waals surface area contributed by atoms with E-state index in [1.165, 1.54) is 11.8 Å². The van der Waals surface area contributed by atoms with Crippen LogP contribution in [0.25, 0.3) is 11.4 Å². The van der Waals surface area contributed by atoms with Gasteiger partial charge in [0, 0.05) is 13.1 Å². The van der Waals surface area contributed by atoms with E-state index in [0.29, 0.717) is 39.8 Å². The number of imidazole rings is 1. The van der Waals surface area contributed by atoms with Gasteiger partial charge >= 0.3 is 5.91 Å². The van der Waals surface area contributed by atoms with Crippen LogP contribution < -0.4 is 9.64 Å². The first-order valence-corrected chi connectivity index (χ1v) is 13.4. The highest BCUT2D eigenvalue weighted by molar-refractivity contribution is 7.18. The third kappa shape index (κ3) is 4.40. The number of hydrogen-bond acceptors (Lipinski definition) is 8. The standard InChI is InChI=1S/C29H28N4O5S/c1-6-14-38-20-11-9-19(10-12-20)23-21(24(35)22-17(4)32-13-7-8-15(2)27(32)31-22)25(36)28(37)33(23)29-30-16(3)26(39-29)18(5)34/h7-13,23,35H,6,14H2,1-5H3. The molecule has 39 heavy (non-hydrogen) atoms. The van der Waals surface area contributed by atoms with Gasteiger partial charge in [0.1, 0.15) is 17.1 Å². The summed E-state index contributed by atoms with van der Waals surface area (Å²) in [5.74, 6) is -1.60. The summed E-state index contributed by atoms with van der Waals surface area (Å²) in [7, 11) is 0. The first-order chi connectivity index (χ1) is 18.6. The van der Waals surface area contributed by atoms with Crippen LogP contribution in [0, 0.1) is 20.8 Å². The molecule has 4 heterocycles. The van der Waals surface area contributed by atoms with E-state index in [4.69, 9.17) is 4.74 Å². The van der Waals surface area contributed by atoms with E-state index in [2.05, 4.69) is 9.97 Å². The molecule has 1 aliphatic rings. The summed E-state index contributed by atoms with van der Waals surface area (Å²) in [5, 5.41) is 11.8. The van der Waals surface area contributed by atoms with Crippen molar-refractivity contribution in [2.24, 2.45) is 0 Å². The largest absolute Gasteiger partial charge is 0.505 e. The number of thiazole rings is 1. The zero-order valence-electron chi connectivity index (χ0n) is 22.3. The predicted octanol–water partition coefficient (Wildman–Crippen LogP) is 5.33. The third-order valence-corrected chi connectivity index (χ3v) is 7.99. The van der Waals surface area contributed by atoms with Gasteiger partial charge in [0.2, 0.25) is 0 Å². The smallest absolute Gasteiger partial charge is 0.301 e. The Labute approximate surface area is 229 Å². The molecule has 0 aliphatic carbocycles. The number of nitrogens with zero attached hydrogens (tertiary/aromatic N) is 4. The molecule has 5 rings (SSSR count). The van der Waals surface area contributed by atoms with Crippen molar-refractivity contribution < 1.29 is 24.2 Å². The summed E-state index contributed by atoms with van der Waals surface area (Å²) in [4.78, 5) is 50.0. The Hall–Kier alpha value is -4.31. The fourth-order valence-corrected chi connectivity index (χ4v) is 5.79. The van der Waals surface area contributed by atoms with Crippen LogP contribution >= 0.6 is 11.3 Å². The first kappa shape index (κ1) is 26.3. The van der Waals surface area contributed by atoms with Crippen molar-refractivity contribution in [1.29, 1.82) is 0 Å². The SMILES string of the molecule is CCCOc1ccc(C2C(=C(O)c3nc4c(C)cccn4c3C)C(=O)C(=O)N2c2nc(C)c(C(C)=O)s2)cc1. The van der Waals surface area contributed by atoms with Crippen molar-refractivity contribution in [1.82, 2.24) is 14.4 Å². The molecule has 0 saturated carbocycles. The third-order valence-electron chi connectivity index (χ3n) is 6.73. The molecule has 0 spiro atoms. The molecule has 1 N–H and O–H groups in total. The molecule has 1 aromatic carbocycles. The number of hydrogen-bond donors (Lipinski definition) is 1. The van der Waals surface area contributed by atoms with Crippen molar-refractivity contribution in [2.75, 3.05) is 11.5 Å². The number of Topliss-reactive ketones (excluding diaryl/α,β-unsaturated/α-hetero) is 2. The second-order valence-corrected chi connectivity index (χ2v) is 10.5. The molecule has 0 radical (unpaired) electrons. The summed E-state index contributed by atoms with van der Waals surface area (Å²) in [6.07, 6.45) is 2.68. The zero-order chi connectivity index (χ0) is 28.0. The number of ketones is 2. The molecule has 10 heteroatoms. The summed E-state index contributed by atoms with van der Waals surface area (Å²) < 4.78 is 7.54. The van der Waals surface area contributed by atoms with E-state index in [0.717, 1.165) is 23.3 Å². The lowest BCUT2D eigenvalue weighted by molar-refractivity contribution is -0.132. The number of carbonyl (C=O) groups excluding carboxylic acids is 3. The number of rotatable bonds is 7. The van der Waals surface area contributed by atoms with Crippen LogP contribution in [0.1, 0.15) is 64.2 Å². The van der Waals surface area contributed by atoms with Crippen molar-refractivity contribution in [3.05, 3.63) is 81.3 Å². The number of aromatic nitrogens is 3. The molecule has 4 aromatic rings. The van der Waals surface area contributed by atoms with Gasteiger partial charge in [-0.3, -0.25) is 19.3 Å². The van der Waals surface area contributed by atoms with E-state index < -0.39 is 17.7 Å². The first-order valence-electron chi connectivity index (χ1n) is 12.6. The fourth-order valence-electron chi connectivity index (χ4n) is 4.80. The highest BCUT2D eigenvalue weighted by Gasteiger charge is 2.48. The average Bonchev–Trinajstić information content (AvgIpc) is 3.55. The minimum atomic E-state index is -0.985. The number of anilines is 1. The van der Waals surface area contributed by atoms with Crippen LogP contribution in [-0.2, 0) is 9.59 Å². The van der Waals surface area contributed by atoms with Gasteiger partial charge in [-0.25, -0.2) is 9.97 Å². The van der Waals surface area contributed by atoms with Gasteiger partial charge in [-0.05, 0) is 56.5 Å². The lowest BCUT2D eigenvalue weighted by Crippen LogP contribution is -2.29. The van der Waals surface area contributed by atoms with Crippen LogP contribution in [0.3, 0.4) is 0 Å². The molecule has 1 amide bonds. The maximum atomic E-state index is 13.6. The van der Waals surface area contributed by atoms with E-state index in [9.17, 15) is 19.5 Å². The van der Waals surface area contributed by atoms with Crippen LogP contribution in [0.15, 0.2) is 48.2 Å². The molecule has 9 nitrogen and oxygen atoms in total. The Kier molecular flexibility index (Phi) is 6.82. The van der Waals surface area contributed by atoms with Crippen LogP contribution in [0.5, 0.6) is 5.75 Å². The van der Waals surface area contributed by atoms with Gasteiger partial charge in [0.15, 0.2) is 16.7 Å². The van der Waals surface area contributed by atoms with E-state index >= 15 is 0 Å². The molecule has 1 aliphatic heterocycles. The maximum absolute atomic E-state index is 13.6. The summed E-state index contributed by atoms with van der Waals surface area (Å²) in [6.45, 7) is 9.38. The maximum Gasteiger partial charge on any atom is 0.301 e. The molecular formula is C29H28N4O5S. The molecule has 1 unspecified atom stereocenters. The van der Waals surface area contributed by atoms with Crippen molar-refractivity contribution in [2.45, 2.75) is 47.1 Å². The minimum Gasteiger partial charge on any atom is -0.505 e. The van der Waals surface area contributed by atoms with Crippen molar-refractivity contribution >= 4 is 45.3 Å². The molecule has 1 saturated heterocycles. The zero-order valence-corrected chi connectivity index (χ0v) is 23.1. The van der Waals surface area contributed by atoms with Crippen LogP contribution in [-0.4, -0.2) is 43.6 Å². The summed E-state index contributed by atoms with van der Waals surface area (Å²) >= 11 is 1.05. The summed E-state index contributed by atoms with van der Waals surface area (Å²) in [6, 6.07) is 9.84. The second-order valence-electron chi connectivity index (χ2n) is 9.48. The Balaban J connectivity index is 1.72. The minimum absolute atomic E-state index is 0.0939. The quantitative estimate of drug-likeness (QED) is 0.145. The lowest BCUT2D eigenvalue weighted by atomic mass is 9.96. The Morgan fingerprint density at radius 3 is 2.44 bits per heavy atom. The fraction of sp³-hybridized carbons (Fsp3) is 0.276. The topological polar surface area (TPSA) is 114 Å². The number of pyridine rings is 1. The molecule has 200 valence electrons. The summed E-state index contributed by atoms with van der Waals surface area (Å²) in [5.41, 5.74) is 3.34. The molecule has 3 aromatic heterocycles. The number of amides is 1. The van der Waals surface area contributed by atoms with Gasteiger partial charge in [0.25, 0.3) is 5.78 Å². The molecular weight excluding hydrogens is 516 g/mol. The van der Waals surface area contributed by atoms with Gasteiger partial charge < -0.3 is 14.2 Å². The van der Waals surface area contributed by atoms with E-state index in [1.807, 2.05) is 36.6 Å². The molecule has 1 atom stereocenters. The number of carbonyl (C=O) groups is 3. The molecule has 0 bridgehead atoms. The van der Waals surface area contributed by atoms with Crippen molar-refractivity contribution in [3.63, 3.8) is 0 Å². The number of aliphatic hydroxyl groups excluding tert-OH is 1.